The Morgan fingerprint density at radius 3 is 3.08 bits per heavy atom. The highest BCUT2D eigenvalue weighted by Gasteiger charge is 1.96. The maximum absolute atomic E-state index is 5.55. The van der Waals surface area contributed by atoms with E-state index in [0.29, 0.717) is 11.8 Å². The zero-order valence-electron chi connectivity index (χ0n) is 6.79. The zero-order chi connectivity index (χ0) is 8.81. The Bertz CT molecular complexity index is 244. The largest absolute Gasteiger partial charge is 0.481 e. The molecule has 12 heavy (non-hydrogen) atoms. The molecule has 0 amide bonds. The van der Waals surface area contributed by atoms with Gasteiger partial charge in [-0.1, -0.05) is 6.07 Å². The second kappa shape index (κ2) is 5.27. The molecule has 0 unspecified atom stereocenters. The topological polar surface area (TPSA) is 22.1 Å². The number of thioether (sulfide) groups is 1. The highest BCUT2D eigenvalue weighted by atomic mass is 35.5. The van der Waals surface area contributed by atoms with Crippen LogP contribution >= 0.6 is 23.4 Å². The van der Waals surface area contributed by atoms with E-state index in [1.165, 1.54) is 0 Å². The van der Waals surface area contributed by atoms with E-state index in [4.69, 9.17) is 16.3 Å². The average Bonchev–Trinajstić information content (AvgIpc) is 2.15. The van der Waals surface area contributed by atoms with E-state index in [2.05, 4.69) is 4.98 Å². The van der Waals surface area contributed by atoms with Crippen molar-refractivity contribution in [2.24, 2.45) is 0 Å². The highest BCUT2D eigenvalue weighted by molar-refractivity contribution is 7.99. The molecule has 0 N–H and O–H groups in total. The Labute approximate surface area is 81.3 Å². The van der Waals surface area contributed by atoms with Crippen molar-refractivity contribution in [2.75, 3.05) is 18.7 Å². The van der Waals surface area contributed by atoms with E-state index >= 15 is 0 Å². The van der Waals surface area contributed by atoms with Crippen molar-refractivity contribution >= 4 is 23.4 Å². The minimum Gasteiger partial charge on any atom is -0.481 e. The molecular formula is C8H10ClNOS. The number of halogens is 1. The Hall–Kier alpha value is -0.410. The molecule has 0 radical (unpaired) electrons. The summed E-state index contributed by atoms with van der Waals surface area (Å²) in [5.74, 6) is 2.17. The number of methoxy groups -OCH3 is 1. The molecule has 0 aromatic carbocycles. The summed E-state index contributed by atoms with van der Waals surface area (Å²) in [6.45, 7) is 0. The van der Waals surface area contributed by atoms with E-state index in [1.807, 2.05) is 18.2 Å². The molecule has 0 spiro atoms. The van der Waals surface area contributed by atoms with Crippen LogP contribution in [0.3, 0.4) is 0 Å². The molecule has 66 valence electrons. The number of nitrogens with zero attached hydrogens (tertiary/aromatic N) is 1. The third-order valence-corrected chi connectivity index (χ3v) is 2.58. The summed E-state index contributed by atoms with van der Waals surface area (Å²) in [6, 6.07) is 5.69. The maximum Gasteiger partial charge on any atom is 0.213 e. The summed E-state index contributed by atoms with van der Waals surface area (Å²) < 4.78 is 4.98. The molecule has 4 heteroatoms. The minimum absolute atomic E-state index is 0.642. The predicted octanol–water partition coefficient (Wildman–Crippen LogP) is 2.42. The first-order valence-electron chi connectivity index (χ1n) is 3.56. The van der Waals surface area contributed by atoms with Crippen molar-refractivity contribution in [2.45, 2.75) is 5.03 Å². The number of hydrogen-bond donors (Lipinski definition) is 0. The van der Waals surface area contributed by atoms with Gasteiger partial charge in [0.1, 0.15) is 5.03 Å². The molecule has 2 nitrogen and oxygen atoms in total. The molecule has 0 bridgehead atoms. The van der Waals surface area contributed by atoms with Crippen molar-refractivity contribution in [3.8, 4) is 5.88 Å². The van der Waals surface area contributed by atoms with Gasteiger partial charge in [-0.2, -0.15) is 0 Å². The molecule has 1 heterocycles. The van der Waals surface area contributed by atoms with Gasteiger partial charge in [-0.15, -0.1) is 23.4 Å². The Kier molecular flexibility index (Phi) is 4.25. The lowest BCUT2D eigenvalue weighted by Gasteiger charge is -2.00. The number of hydrogen-bond acceptors (Lipinski definition) is 3. The van der Waals surface area contributed by atoms with Crippen LogP contribution in [0.25, 0.3) is 0 Å². The van der Waals surface area contributed by atoms with Gasteiger partial charge in [-0.05, 0) is 6.07 Å². The lowest BCUT2D eigenvalue weighted by molar-refractivity contribution is 0.394. The molecule has 0 fully saturated rings. The van der Waals surface area contributed by atoms with E-state index in [-0.39, 0.29) is 0 Å². The fourth-order valence-electron chi connectivity index (χ4n) is 0.733. The summed E-state index contributed by atoms with van der Waals surface area (Å²) in [5, 5.41) is 0.954. The summed E-state index contributed by atoms with van der Waals surface area (Å²) >= 11 is 7.17. The van der Waals surface area contributed by atoms with Crippen LogP contribution in [-0.4, -0.2) is 23.7 Å². The number of ether oxygens (including phenoxy) is 1. The molecule has 0 aliphatic heterocycles. The van der Waals surface area contributed by atoms with Gasteiger partial charge < -0.3 is 4.74 Å². The van der Waals surface area contributed by atoms with E-state index in [1.54, 1.807) is 18.9 Å². The van der Waals surface area contributed by atoms with E-state index in [0.717, 1.165) is 10.8 Å². The van der Waals surface area contributed by atoms with Crippen molar-refractivity contribution in [1.29, 1.82) is 0 Å². The minimum atomic E-state index is 0.642. The molecule has 1 aromatic heterocycles. The van der Waals surface area contributed by atoms with Crippen LogP contribution in [0.15, 0.2) is 23.2 Å². The Morgan fingerprint density at radius 1 is 1.58 bits per heavy atom. The number of rotatable bonds is 4. The molecular weight excluding hydrogens is 194 g/mol. The fourth-order valence-corrected chi connectivity index (χ4v) is 1.58. The lowest BCUT2D eigenvalue weighted by Crippen LogP contribution is -1.89. The van der Waals surface area contributed by atoms with Gasteiger partial charge in [0.25, 0.3) is 0 Å². The number of pyridine rings is 1. The summed E-state index contributed by atoms with van der Waals surface area (Å²) in [6.07, 6.45) is 0. The SMILES string of the molecule is COc1cccc(SCCCl)n1. The fraction of sp³-hybridized carbons (Fsp3) is 0.375. The summed E-state index contributed by atoms with van der Waals surface area (Å²) in [4.78, 5) is 4.21. The molecule has 0 aliphatic rings. The monoisotopic (exact) mass is 203 g/mol. The smallest absolute Gasteiger partial charge is 0.213 e. The Balaban J connectivity index is 2.60. The first-order valence-corrected chi connectivity index (χ1v) is 5.08. The quantitative estimate of drug-likeness (QED) is 0.554. The normalized spacial score (nSPS) is 9.83. The first kappa shape index (κ1) is 9.68. The third kappa shape index (κ3) is 2.91. The van der Waals surface area contributed by atoms with Crippen LogP contribution < -0.4 is 4.74 Å². The lowest BCUT2D eigenvalue weighted by atomic mass is 10.5. The van der Waals surface area contributed by atoms with Crippen molar-refractivity contribution in [3.63, 3.8) is 0 Å². The summed E-state index contributed by atoms with van der Waals surface area (Å²) in [5.41, 5.74) is 0. The second-order valence-electron chi connectivity index (χ2n) is 2.06. The van der Waals surface area contributed by atoms with Crippen LogP contribution in [0, 0.1) is 0 Å². The van der Waals surface area contributed by atoms with Crippen LogP contribution in [0.4, 0.5) is 0 Å². The van der Waals surface area contributed by atoms with Crippen LogP contribution in [0.1, 0.15) is 0 Å². The second-order valence-corrected chi connectivity index (χ2v) is 3.55. The average molecular weight is 204 g/mol. The van der Waals surface area contributed by atoms with Crippen molar-refractivity contribution in [1.82, 2.24) is 4.98 Å². The summed E-state index contributed by atoms with van der Waals surface area (Å²) in [7, 11) is 1.61. The van der Waals surface area contributed by atoms with Crippen LogP contribution in [0.2, 0.25) is 0 Å². The van der Waals surface area contributed by atoms with Gasteiger partial charge in [0.2, 0.25) is 5.88 Å². The van der Waals surface area contributed by atoms with Gasteiger partial charge in [0.05, 0.1) is 7.11 Å². The highest BCUT2D eigenvalue weighted by Crippen LogP contribution is 2.17. The molecule has 0 atom stereocenters. The first-order chi connectivity index (χ1) is 5.86. The van der Waals surface area contributed by atoms with Gasteiger partial charge >= 0.3 is 0 Å². The van der Waals surface area contributed by atoms with Gasteiger partial charge in [0.15, 0.2) is 0 Å². The zero-order valence-corrected chi connectivity index (χ0v) is 8.36. The van der Waals surface area contributed by atoms with E-state index < -0.39 is 0 Å². The van der Waals surface area contributed by atoms with Gasteiger partial charge in [0, 0.05) is 17.7 Å². The molecule has 1 aromatic rings. The molecule has 0 aliphatic carbocycles. The van der Waals surface area contributed by atoms with Crippen molar-refractivity contribution < 1.29 is 4.74 Å². The van der Waals surface area contributed by atoms with Gasteiger partial charge in [-0.25, -0.2) is 4.98 Å². The standard InChI is InChI=1S/C8H10ClNOS/c1-11-7-3-2-4-8(10-7)12-6-5-9/h2-4H,5-6H2,1H3. The van der Waals surface area contributed by atoms with Crippen LogP contribution in [-0.2, 0) is 0 Å². The Morgan fingerprint density at radius 2 is 2.42 bits per heavy atom. The number of alkyl halides is 1. The van der Waals surface area contributed by atoms with Gasteiger partial charge in [-0.3, -0.25) is 0 Å². The predicted molar refractivity (Wildman–Crippen MR) is 52.2 cm³/mol. The molecule has 1 rings (SSSR count). The third-order valence-electron chi connectivity index (χ3n) is 1.23. The molecule has 0 saturated carbocycles. The van der Waals surface area contributed by atoms with E-state index in [9.17, 15) is 0 Å². The van der Waals surface area contributed by atoms with Crippen LogP contribution in [0.5, 0.6) is 5.88 Å². The number of aromatic nitrogens is 1. The van der Waals surface area contributed by atoms with Crippen molar-refractivity contribution in [3.05, 3.63) is 18.2 Å². The molecule has 0 saturated heterocycles. The maximum atomic E-state index is 5.55.